The molecule has 28 heavy (non-hydrogen) atoms. The molecule has 1 aliphatic carbocycles. The Morgan fingerprint density at radius 3 is 2.43 bits per heavy atom. The van der Waals surface area contributed by atoms with Gasteiger partial charge in [-0.1, -0.05) is 44.2 Å². The summed E-state index contributed by atoms with van der Waals surface area (Å²) in [5, 5.41) is 24.8. The van der Waals surface area contributed by atoms with Gasteiger partial charge in [-0.2, -0.15) is 5.26 Å². The second kappa shape index (κ2) is 7.02. The molecule has 1 aromatic rings. The summed E-state index contributed by atoms with van der Waals surface area (Å²) in [6, 6.07) is 8.20. The van der Waals surface area contributed by atoms with Crippen molar-refractivity contribution in [1.82, 2.24) is 10.6 Å². The number of hydrogen-bond donors (Lipinski definition) is 3. The highest BCUT2D eigenvalue weighted by Crippen LogP contribution is 2.49. The Morgan fingerprint density at radius 2 is 1.82 bits per heavy atom. The zero-order chi connectivity index (χ0) is 19.9. The highest BCUT2D eigenvalue weighted by atomic mass is 16.4. The third-order valence-corrected chi connectivity index (χ3v) is 6.61. The molecule has 2 aliphatic heterocycles. The number of nitriles is 1. The van der Waals surface area contributed by atoms with Gasteiger partial charge in [0, 0.05) is 6.04 Å². The number of imide groups is 1. The Hall–Kier alpha value is -2.72. The van der Waals surface area contributed by atoms with E-state index in [0.717, 1.165) is 32.1 Å². The van der Waals surface area contributed by atoms with E-state index in [-0.39, 0.29) is 5.92 Å². The molecule has 0 aromatic heterocycles. The molecule has 146 valence electrons. The highest BCUT2D eigenvalue weighted by molar-refractivity contribution is 6.09. The van der Waals surface area contributed by atoms with E-state index in [1.807, 2.05) is 6.07 Å². The summed E-state index contributed by atoms with van der Waals surface area (Å²) < 4.78 is 0. The van der Waals surface area contributed by atoms with Crippen LogP contribution in [0.1, 0.15) is 55.7 Å². The number of amides is 2. The van der Waals surface area contributed by atoms with Gasteiger partial charge >= 0.3 is 5.97 Å². The molecule has 2 saturated heterocycles. The SMILES string of the molecule is N#Cc1ccc(C2NC(CC3CCCCC3)(C(=O)O)C3C(=O)NC(=O)C23)cc1. The van der Waals surface area contributed by atoms with Crippen LogP contribution in [0.25, 0.3) is 0 Å². The van der Waals surface area contributed by atoms with Gasteiger partial charge in [-0.05, 0) is 30.0 Å². The summed E-state index contributed by atoms with van der Waals surface area (Å²) in [5.41, 5.74) is -0.260. The molecule has 7 nitrogen and oxygen atoms in total. The molecule has 4 unspecified atom stereocenters. The standard InChI is InChI=1S/C21H23N3O4/c22-11-13-6-8-14(9-7-13)17-15-16(19(26)23-18(15)25)21(24-17,20(27)28)10-12-4-2-1-3-5-12/h6-9,12,15-17,24H,1-5,10H2,(H,27,28)(H,23,25,26). The minimum absolute atomic E-state index is 0.223. The Balaban J connectivity index is 1.73. The summed E-state index contributed by atoms with van der Waals surface area (Å²) in [5.74, 6) is -3.48. The molecule has 4 atom stereocenters. The minimum atomic E-state index is -1.46. The zero-order valence-corrected chi connectivity index (χ0v) is 15.5. The number of rotatable bonds is 4. The molecule has 2 heterocycles. The van der Waals surface area contributed by atoms with Gasteiger partial charge in [0.25, 0.3) is 0 Å². The van der Waals surface area contributed by atoms with Crippen molar-refractivity contribution in [1.29, 1.82) is 5.26 Å². The molecular formula is C21H23N3O4. The number of carbonyl (C=O) groups excluding carboxylic acids is 2. The third-order valence-electron chi connectivity index (χ3n) is 6.61. The normalized spacial score (nSPS) is 32.6. The van der Waals surface area contributed by atoms with Crippen LogP contribution < -0.4 is 10.6 Å². The molecule has 1 saturated carbocycles. The van der Waals surface area contributed by atoms with Crippen LogP contribution in [0.2, 0.25) is 0 Å². The summed E-state index contributed by atoms with van der Waals surface area (Å²) in [6.45, 7) is 0. The quantitative estimate of drug-likeness (QED) is 0.685. The van der Waals surface area contributed by atoms with Crippen LogP contribution in [-0.4, -0.2) is 28.4 Å². The average Bonchev–Trinajstić information content (AvgIpc) is 3.20. The van der Waals surface area contributed by atoms with Crippen LogP contribution in [0.4, 0.5) is 0 Å². The van der Waals surface area contributed by atoms with Crippen molar-refractivity contribution >= 4 is 17.8 Å². The molecule has 0 spiro atoms. The van der Waals surface area contributed by atoms with Crippen molar-refractivity contribution in [2.45, 2.75) is 50.1 Å². The van der Waals surface area contributed by atoms with Crippen LogP contribution >= 0.6 is 0 Å². The van der Waals surface area contributed by atoms with E-state index >= 15 is 0 Å². The number of fused-ring (bicyclic) bond motifs is 1. The molecule has 0 radical (unpaired) electrons. The number of hydrogen-bond acceptors (Lipinski definition) is 5. The molecule has 7 heteroatoms. The van der Waals surface area contributed by atoms with Crippen molar-refractivity contribution < 1.29 is 19.5 Å². The smallest absolute Gasteiger partial charge is 0.324 e. The molecule has 4 rings (SSSR count). The first kappa shape index (κ1) is 18.6. The van der Waals surface area contributed by atoms with Crippen molar-refractivity contribution in [2.24, 2.45) is 17.8 Å². The first-order chi connectivity index (χ1) is 13.5. The molecule has 2 amide bonds. The highest BCUT2D eigenvalue weighted by Gasteiger charge is 2.66. The van der Waals surface area contributed by atoms with Gasteiger partial charge in [-0.3, -0.25) is 25.0 Å². The van der Waals surface area contributed by atoms with E-state index in [4.69, 9.17) is 5.26 Å². The van der Waals surface area contributed by atoms with Crippen LogP contribution in [0.3, 0.4) is 0 Å². The number of nitrogens with one attached hydrogen (secondary N) is 2. The van der Waals surface area contributed by atoms with Gasteiger partial charge in [0.1, 0.15) is 5.54 Å². The molecule has 0 bridgehead atoms. The number of benzene rings is 1. The second-order valence-corrected chi connectivity index (χ2v) is 8.20. The van der Waals surface area contributed by atoms with Gasteiger partial charge in [0.2, 0.25) is 11.8 Å². The molecular weight excluding hydrogens is 358 g/mol. The maximum atomic E-state index is 12.6. The second-order valence-electron chi connectivity index (χ2n) is 8.20. The van der Waals surface area contributed by atoms with E-state index in [1.54, 1.807) is 24.3 Å². The maximum Gasteiger partial charge on any atom is 0.324 e. The van der Waals surface area contributed by atoms with E-state index in [1.165, 1.54) is 0 Å². The zero-order valence-electron chi connectivity index (χ0n) is 15.5. The van der Waals surface area contributed by atoms with E-state index < -0.39 is 41.2 Å². The summed E-state index contributed by atoms with van der Waals surface area (Å²) in [4.78, 5) is 37.7. The number of carboxylic acid groups (broad SMARTS) is 1. The van der Waals surface area contributed by atoms with E-state index in [0.29, 0.717) is 17.5 Å². The lowest BCUT2D eigenvalue weighted by atomic mass is 9.72. The fourth-order valence-electron chi connectivity index (χ4n) is 5.30. The third kappa shape index (κ3) is 2.89. The summed E-state index contributed by atoms with van der Waals surface area (Å²) >= 11 is 0. The lowest BCUT2D eigenvalue weighted by Gasteiger charge is -2.35. The van der Waals surface area contributed by atoms with Crippen LogP contribution in [-0.2, 0) is 14.4 Å². The minimum Gasteiger partial charge on any atom is -0.480 e. The molecule has 3 N–H and O–H groups in total. The number of carbonyl (C=O) groups is 3. The lowest BCUT2D eigenvalue weighted by molar-refractivity contribution is -0.150. The first-order valence-corrected chi connectivity index (χ1v) is 9.82. The van der Waals surface area contributed by atoms with E-state index in [9.17, 15) is 19.5 Å². The van der Waals surface area contributed by atoms with Crippen molar-refractivity contribution in [3.8, 4) is 6.07 Å². The lowest BCUT2D eigenvalue weighted by Crippen LogP contribution is -2.56. The van der Waals surface area contributed by atoms with Gasteiger partial charge in [-0.25, -0.2) is 0 Å². The monoisotopic (exact) mass is 381 g/mol. The van der Waals surface area contributed by atoms with E-state index in [2.05, 4.69) is 10.6 Å². The predicted molar refractivity (Wildman–Crippen MR) is 98.7 cm³/mol. The fourth-order valence-corrected chi connectivity index (χ4v) is 5.30. The molecule has 3 aliphatic rings. The Bertz CT molecular complexity index is 853. The van der Waals surface area contributed by atoms with Crippen molar-refractivity contribution in [3.05, 3.63) is 35.4 Å². The molecule has 3 fully saturated rings. The first-order valence-electron chi connectivity index (χ1n) is 9.82. The fraction of sp³-hybridized carbons (Fsp3) is 0.524. The molecule has 1 aromatic carbocycles. The van der Waals surface area contributed by atoms with Crippen molar-refractivity contribution in [3.63, 3.8) is 0 Å². The Morgan fingerprint density at radius 1 is 1.14 bits per heavy atom. The average molecular weight is 381 g/mol. The van der Waals surface area contributed by atoms with Gasteiger partial charge in [-0.15, -0.1) is 0 Å². The summed E-state index contributed by atoms with van der Waals surface area (Å²) in [7, 11) is 0. The van der Waals surface area contributed by atoms with Gasteiger partial charge in [0.15, 0.2) is 0 Å². The topological polar surface area (TPSA) is 119 Å². The van der Waals surface area contributed by atoms with Crippen LogP contribution in [0.15, 0.2) is 24.3 Å². The van der Waals surface area contributed by atoms with Crippen molar-refractivity contribution in [2.75, 3.05) is 0 Å². The van der Waals surface area contributed by atoms with Gasteiger partial charge < -0.3 is 5.11 Å². The number of nitrogens with zero attached hydrogens (tertiary/aromatic N) is 1. The number of carboxylic acids is 1. The number of aliphatic carboxylic acids is 1. The predicted octanol–water partition coefficient (Wildman–Crippen LogP) is 1.89. The Labute approximate surface area is 163 Å². The Kier molecular flexibility index (Phi) is 4.68. The van der Waals surface area contributed by atoms with Gasteiger partial charge in [0.05, 0.1) is 23.5 Å². The van der Waals surface area contributed by atoms with Crippen LogP contribution in [0, 0.1) is 29.1 Å². The largest absolute Gasteiger partial charge is 0.480 e. The van der Waals surface area contributed by atoms with Crippen LogP contribution in [0.5, 0.6) is 0 Å². The summed E-state index contributed by atoms with van der Waals surface area (Å²) in [6.07, 6.45) is 5.54. The maximum absolute atomic E-state index is 12.6.